The van der Waals surface area contributed by atoms with Crippen molar-refractivity contribution >= 4 is 51.7 Å². The highest BCUT2D eigenvalue weighted by molar-refractivity contribution is 14.1. The molecule has 3 aromatic rings. The standard InChI is InChI=1S/C23H16INO2/c1-15-7-6-9-17(13-15)25-22(26)19-11-4-3-10-18(19)20(23(25)27)14-16-8-2-5-12-21(16)24/h2-14H,1H3/b20-14-. The molecule has 0 fully saturated rings. The Bertz CT molecular complexity index is 1100. The number of halogens is 1. The maximum Gasteiger partial charge on any atom is 0.265 e. The van der Waals surface area contributed by atoms with Crippen molar-refractivity contribution in [1.29, 1.82) is 0 Å². The monoisotopic (exact) mass is 465 g/mol. The van der Waals surface area contributed by atoms with Crippen LogP contribution >= 0.6 is 22.6 Å². The van der Waals surface area contributed by atoms with E-state index in [1.807, 2.05) is 73.7 Å². The SMILES string of the molecule is Cc1cccc(N2C(=O)/C(=C\c3ccccc3I)c3ccccc3C2=O)c1. The van der Waals surface area contributed by atoms with E-state index in [9.17, 15) is 9.59 Å². The third-order valence-corrected chi connectivity index (χ3v) is 5.53. The highest BCUT2D eigenvalue weighted by Gasteiger charge is 2.35. The largest absolute Gasteiger partial charge is 0.268 e. The van der Waals surface area contributed by atoms with Crippen molar-refractivity contribution in [2.75, 3.05) is 4.90 Å². The Kier molecular flexibility index (Phi) is 4.66. The quantitative estimate of drug-likeness (QED) is 0.292. The Hall–Kier alpha value is -2.73. The van der Waals surface area contributed by atoms with Crippen LogP contribution in [-0.4, -0.2) is 11.8 Å². The third-order valence-electron chi connectivity index (χ3n) is 4.55. The molecule has 1 heterocycles. The average Bonchev–Trinajstić information content (AvgIpc) is 2.67. The van der Waals surface area contributed by atoms with Crippen molar-refractivity contribution in [3.8, 4) is 0 Å². The van der Waals surface area contributed by atoms with Crippen LogP contribution in [0.5, 0.6) is 0 Å². The van der Waals surface area contributed by atoms with Gasteiger partial charge in [-0.3, -0.25) is 9.59 Å². The van der Waals surface area contributed by atoms with E-state index in [2.05, 4.69) is 22.6 Å². The normalized spacial score (nSPS) is 15.2. The van der Waals surface area contributed by atoms with Gasteiger partial charge in [-0.05, 0) is 76.5 Å². The summed E-state index contributed by atoms with van der Waals surface area (Å²) in [6.07, 6.45) is 1.87. The van der Waals surface area contributed by atoms with E-state index in [4.69, 9.17) is 0 Å². The van der Waals surface area contributed by atoms with Crippen LogP contribution in [0.2, 0.25) is 0 Å². The van der Waals surface area contributed by atoms with E-state index < -0.39 is 0 Å². The minimum Gasteiger partial charge on any atom is -0.268 e. The number of carbonyl (C=O) groups excluding carboxylic acids is 2. The molecular weight excluding hydrogens is 449 g/mol. The molecule has 0 saturated carbocycles. The lowest BCUT2D eigenvalue weighted by Gasteiger charge is -2.29. The second-order valence-corrected chi connectivity index (χ2v) is 7.57. The first kappa shape index (κ1) is 17.7. The van der Waals surface area contributed by atoms with Crippen LogP contribution in [0.25, 0.3) is 11.6 Å². The fourth-order valence-electron chi connectivity index (χ4n) is 3.24. The second-order valence-electron chi connectivity index (χ2n) is 6.41. The maximum atomic E-state index is 13.4. The van der Waals surface area contributed by atoms with Crippen LogP contribution < -0.4 is 4.90 Å². The predicted molar refractivity (Wildman–Crippen MR) is 116 cm³/mol. The number of anilines is 1. The van der Waals surface area contributed by atoms with Gasteiger partial charge < -0.3 is 0 Å². The summed E-state index contributed by atoms with van der Waals surface area (Å²) in [6.45, 7) is 1.94. The summed E-state index contributed by atoms with van der Waals surface area (Å²) in [5.41, 5.74) is 4.28. The van der Waals surface area contributed by atoms with Gasteiger partial charge in [0.1, 0.15) is 0 Å². The van der Waals surface area contributed by atoms with Crippen LogP contribution in [0.15, 0.2) is 72.8 Å². The molecule has 3 nitrogen and oxygen atoms in total. The molecule has 2 amide bonds. The highest BCUT2D eigenvalue weighted by atomic mass is 127. The first-order valence-electron chi connectivity index (χ1n) is 8.57. The third kappa shape index (κ3) is 3.21. The molecule has 4 heteroatoms. The molecule has 0 aliphatic carbocycles. The molecule has 0 saturated heterocycles. The number of imide groups is 1. The first-order valence-corrected chi connectivity index (χ1v) is 9.65. The Morgan fingerprint density at radius 3 is 2.26 bits per heavy atom. The maximum absolute atomic E-state index is 13.4. The van der Waals surface area contributed by atoms with E-state index in [-0.39, 0.29) is 11.8 Å². The number of rotatable bonds is 2. The predicted octanol–water partition coefficient (Wildman–Crippen LogP) is 5.33. The zero-order valence-corrected chi connectivity index (χ0v) is 16.8. The lowest BCUT2D eigenvalue weighted by atomic mass is 9.91. The number of nitrogens with zero attached hydrogens (tertiary/aromatic N) is 1. The van der Waals surface area contributed by atoms with Crippen molar-refractivity contribution in [2.45, 2.75) is 6.92 Å². The number of hydrogen-bond donors (Lipinski definition) is 0. The van der Waals surface area contributed by atoms with E-state index >= 15 is 0 Å². The number of aryl methyl sites for hydroxylation is 1. The molecule has 1 aliphatic heterocycles. The smallest absolute Gasteiger partial charge is 0.265 e. The number of carbonyl (C=O) groups is 2. The lowest BCUT2D eigenvalue weighted by Crippen LogP contribution is -2.41. The van der Waals surface area contributed by atoms with Gasteiger partial charge in [-0.25, -0.2) is 4.90 Å². The number of hydrogen-bond acceptors (Lipinski definition) is 2. The molecule has 4 rings (SSSR count). The van der Waals surface area contributed by atoms with E-state index in [0.717, 1.165) is 14.7 Å². The Morgan fingerprint density at radius 2 is 1.52 bits per heavy atom. The Labute approximate surface area is 171 Å². The van der Waals surface area contributed by atoms with Gasteiger partial charge in [0, 0.05) is 14.7 Å². The number of fused-ring (bicyclic) bond motifs is 1. The van der Waals surface area contributed by atoms with Gasteiger partial charge in [0.05, 0.1) is 5.69 Å². The van der Waals surface area contributed by atoms with Gasteiger partial charge in [0.25, 0.3) is 11.8 Å². The number of amides is 2. The Morgan fingerprint density at radius 1 is 0.815 bits per heavy atom. The molecule has 1 aliphatic rings. The summed E-state index contributed by atoms with van der Waals surface area (Å²) in [6, 6.07) is 22.6. The van der Waals surface area contributed by atoms with Crippen LogP contribution in [0.4, 0.5) is 5.69 Å². The van der Waals surface area contributed by atoms with Gasteiger partial charge in [0.2, 0.25) is 0 Å². The molecule has 0 radical (unpaired) electrons. The summed E-state index contributed by atoms with van der Waals surface area (Å²) in [5.74, 6) is -0.593. The van der Waals surface area contributed by atoms with Gasteiger partial charge in [-0.15, -0.1) is 0 Å². The molecule has 3 aromatic carbocycles. The van der Waals surface area contributed by atoms with Crippen LogP contribution in [0, 0.1) is 10.5 Å². The van der Waals surface area contributed by atoms with Crippen molar-refractivity contribution in [3.63, 3.8) is 0 Å². The fourth-order valence-corrected chi connectivity index (χ4v) is 3.78. The molecule has 0 spiro atoms. The van der Waals surface area contributed by atoms with Crippen LogP contribution in [0.3, 0.4) is 0 Å². The molecule has 0 aromatic heterocycles. The van der Waals surface area contributed by atoms with Crippen LogP contribution in [0.1, 0.15) is 27.0 Å². The summed E-state index contributed by atoms with van der Waals surface area (Å²) < 4.78 is 1.05. The molecule has 0 N–H and O–H groups in total. The molecule has 132 valence electrons. The zero-order chi connectivity index (χ0) is 19.0. The molecule has 27 heavy (non-hydrogen) atoms. The number of benzene rings is 3. The van der Waals surface area contributed by atoms with Crippen molar-refractivity contribution in [3.05, 3.63) is 98.6 Å². The van der Waals surface area contributed by atoms with Crippen molar-refractivity contribution < 1.29 is 9.59 Å². The zero-order valence-electron chi connectivity index (χ0n) is 14.6. The molecule has 0 atom stereocenters. The average molecular weight is 465 g/mol. The minimum absolute atomic E-state index is 0.291. The molecule has 0 bridgehead atoms. The summed E-state index contributed by atoms with van der Waals surface area (Å²) in [5, 5.41) is 0. The van der Waals surface area contributed by atoms with Gasteiger partial charge in [0.15, 0.2) is 0 Å². The summed E-state index contributed by atoms with van der Waals surface area (Å²) >= 11 is 2.25. The van der Waals surface area contributed by atoms with Gasteiger partial charge in [-0.1, -0.05) is 48.5 Å². The Balaban J connectivity index is 1.93. The second kappa shape index (κ2) is 7.12. The molecule has 0 unspecified atom stereocenters. The topological polar surface area (TPSA) is 37.4 Å². The summed E-state index contributed by atoms with van der Waals surface area (Å²) in [4.78, 5) is 27.7. The first-order chi connectivity index (χ1) is 13.1. The summed E-state index contributed by atoms with van der Waals surface area (Å²) in [7, 11) is 0. The lowest BCUT2D eigenvalue weighted by molar-refractivity contribution is -0.112. The van der Waals surface area contributed by atoms with Crippen molar-refractivity contribution in [2.24, 2.45) is 0 Å². The van der Waals surface area contributed by atoms with Crippen molar-refractivity contribution in [1.82, 2.24) is 0 Å². The fraction of sp³-hybridized carbons (Fsp3) is 0.0435. The highest BCUT2D eigenvalue weighted by Crippen LogP contribution is 2.34. The van der Waals surface area contributed by atoms with E-state index in [1.54, 1.807) is 12.1 Å². The van der Waals surface area contributed by atoms with Gasteiger partial charge in [-0.2, -0.15) is 0 Å². The van der Waals surface area contributed by atoms with E-state index in [1.165, 1.54) is 4.90 Å². The van der Waals surface area contributed by atoms with Gasteiger partial charge >= 0.3 is 0 Å². The van der Waals surface area contributed by atoms with Crippen LogP contribution in [-0.2, 0) is 4.79 Å². The minimum atomic E-state index is -0.302. The van der Waals surface area contributed by atoms with E-state index in [0.29, 0.717) is 22.4 Å². The molecular formula is C23H16INO2.